The quantitative estimate of drug-likeness (QED) is 0.863. The summed E-state index contributed by atoms with van der Waals surface area (Å²) in [4.78, 5) is 7.89. The van der Waals surface area contributed by atoms with Crippen molar-refractivity contribution in [2.75, 3.05) is 18.0 Å². The van der Waals surface area contributed by atoms with Gasteiger partial charge in [0, 0.05) is 13.1 Å². The Morgan fingerprint density at radius 3 is 2.50 bits per heavy atom. The zero-order chi connectivity index (χ0) is 11.8. The molecule has 3 nitrogen and oxygen atoms in total. The van der Waals surface area contributed by atoms with Crippen LogP contribution >= 0.6 is 11.3 Å². The first-order valence-corrected chi connectivity index (χ1v) is 6.65. The number of rotatable bonds is 2. The van der Waals surface area contributed by atoms with Gasteiger partial charge in [-0.15, -0.1) is 0 Å². The van der Waals surface area contributed by atoms with E-state index in [4.69, 9.17) is 5.11 Å². The van der Waals surface area contributed by atoms with Crippen molar-refractivity contribution < 1.29 is 5.11 Å². The van der Waals surface area contributed by atoms with Crippen molar-refractivity contribution in [1.29, 1.82) is 0 Å². The van der Waals surface area contributed by atoms with Crippen LogP contribution in [-0.2, 0) is 6.61 Å². The first-order chi connectivity index (χ1) is 7.52. The SMILES string of the molecule is Cc1nc(N2CCC(C)(C)CC2)sc1CO. The van der Waals surface area contributed by atoms with Gasteiger partial charge in [-0.3, -0.25) is 0 Å². The molecule has 1 aliphatic rings. The van der Waals surface area contributed by atoms with E-state index < -0.39 is 0 Å². The van der Waals surface area contributed by atoms with Crippen molar-refractivity contribution in [2.24, 2.45) is 5.41 Å². The van der Waals surface area contributed by atoms with Gasteiger partial charge in [-0.2, -0.15) is 0 Å². The summed E-state index contributed by atoms with van der Waals surface area (Å²) in [6, 6.07) is 0. The molecule has 4 heteroatoms. The number of aryl methyl sites for hydroxylation is 1. The molecule has 1 aromatic heterocycles. The highest BCUT2D eigenvalue weighted by atomic mass is 32.1. The third kappa shape index (κ3) is 2.38. The summed E-state index contributed by atoms with van der Waals surface area (Å²) >= 11 is 1.63. The Morgan fingerprint density at radius 1 is 1.38 bits per heavy atom. The third-order valence-electron chi connectivity index (χ3n) is 3.41. The number of anilines is 1. The normalized spacial score (nSPS) is 20.1. The van der Waals surface area contributed by atoms with E-state index in [1.54, 1.807) is 11.3 Å². The van der Waals surface area contributed by atoms with Crippen LogP contribution in [0, 0.1) is 12.3 Å². The fraction of sp³-hybridized carbons (Fsp3) is 0.750. The lowest BCUT2D eigenvalue weighted by atomic mass is 9.83. The lowest BCUT2D eigenvalue weighted by Crippen LogP contribution is -2.37. The molecule has 2 rings (SSSR count). The summed E-state index contributed by atoms with van der Waals surface area (Å²) in [5.74, 6) is 0. The van der Waals surface area contributed by atoms with E-state index in [1.807, 2.05) is 6.92 Å². The molecule has 0 unspecified atom stereocenters. The minimum atomic E-state index is 0.114. The Balaban J connectivity index is 2.08. The van der Waals surface area contributed by atoms with Gasteiger partial charge in [0.15, 0.2) is 5.13 Å². The topological polar surface area (TPSA) is 36.4 Å². The monoisotopic (exact) mass is 240 g/mol. The van der Waals surface area contributed by atoms with E-state index >= 15 is 0 Å². The summed E-state index contributed by atoms with van der Waals surface area (Å²) in [6.45, 7) is 8.92. The van der Waals surface area contributed by atoms with Gasteiger partial charge in [-0.05, 0) is 25.2 Å². The highest BCUT2D eigenvalue weighted by Gasteiger charge is 2.26. The highest BCUT2D eigenvalue weighted by Crippen LogP contribution is 2.34. The molecular formula is C12H20N2OS. The van der Waals surface area contributed by atoms with Crippen LogP contribution in [0.15, 0.2) is 0 Å². The molecule has 1 aromatic rings. The molecule has 0 aromatic carbocycles. The molecule has 0 spiro atoms. The summed E-state index contributed by atoms with van der Waals surface area (Å²) in [5, 5.41) is 10.2. The predicted molar refractivity (Wildman–Crippen MR) is 68.0 cm³/mol. The largest absolute Gasteiger partial charge is 0.391 e. The van der Waals surface area contributed by atoms with Gasteiger partial charge in [0.1, 0.15) is 0 Å². The number of nitrogens with zero attached hydrogens (tertiary/aromatic N) is 2. The van der Waals surface area contributed by atoms with Crippen LogP contribution in [0.3, 0.4) is 0 Å². The van der Waals surface area contributed by atoms with Crippen LogP contribution in [0.1, 0.15) is 37.3 Å². The van der Waals surface area contributed by atoms with E-state index in [2.05, 4.69) is 23.7 Å². The molecule has 0 amide bonds. The average Bonchev–Trinajstić information content (AvgIpc) is 2.59. The Kier molecular flexibility index (Phi) is 3.22. The van der Waals surface area contributed by atoms with Crippen molar-refractivity contribution in [3.63, 3.8) is 0 Å². The second kappa shape index (κ2) is 4.34. The van der Waals surface area contributed by atoms with Gasteiger partial charge in [-0.1, -0.05) is 25.2 Å². The maximum atomic E-state index is 9.17. The van der Waals surface area contributed by atoms with Gasteiger partial charge >= 0.3 is 0 Å². The lowest BCUT2D eigenvalue weighted by Gasteiger charge is -2.36. The maximum absolute atomic E-state index is 9.17. The van der Waals surface area contributed by atoms with E-state index in [-0.39, 0.29) is 6.61 Å². The van der Waals surface area contributed by atoms with Crippen molar-refractivity contribution in [3.8, 4) is 0 Å². The van der Waals surface area contributed by atoms with E-state index in [1.165, 1.54) is 12.8 Å². The van der Waals surface area contributed by atoms with Crippen molar-refractivity contribution >= 4 is 16.5 Å². The smallest absolute Gasteiger partial charge is 0.185 e. The van der Waals surface area contributed by atoms with Crippen molar-refractivity contribution in [2.45, 2.75) is 40.2 Å². The molecule has 1 fully saturated rings. The Hall–Kier alpha value is -0.610. The van der Waals surface area contributed by atoms with E-state index in [0.29, 0.717) is 5.41 Å². The summed E-state index contributed by atoms with van der Waals surface area (Å²) in [6.07, 6.45) is 2.44. The van der Waals surface area contributed by atoms with Gasteiger partial charge < -0.3 is 10.0 Å². The minimum Gasteiger partial charge on any atom is -0.391 e. The molecule has 0 atom stereocenters. The number of aliphatic hydroxyl groups is 1. The summed E-state index contributed by atoms with van der Waals surface area (Å²) < 4.78 is 0. The standard InChI is InChI=1S/C12H20N2OS/c1-9-10(8-15)16-11(13-9)14-6-4-12(2,3)5-7-14/h15H,4-8H2,1-3H3. The molecule has 1 aliphatic heterocycles. The average molecular weight is 240 g/mol. The van der Waals surface area contributed by atoms with Crippen LogP contribution in [0.5, 0.6) is 0 Å². The van der Waals surface area contributed by atoms with Crippen LogP contribution in [-0.4, -0.2) is 23.2 Å². The molecule has 0 aliphatic carbocycles. The number of hydrogen-bond acceptors (Lipinski definition) is 4. The highest BCUT2D eigenvalue weighted by molar-refractivity contribution is 7.15. The van der Waals surface area contributed by atoms with Gasteiger partial charge in [0.25, 0.3) is 0 Å². The van der Waals surface area contributed by atoms with Gasteiger partial charge in [0.05, 0.1) is 17.2 Å². The number of thiazole rings is 1. The summed E-state index contributed by atoms with van der Waals surface area (Å²) in [7, 11) is 0. The van der Waals surface area contributed by atoms with E-state index in [0.717, 1.165) is 28.8 Å². The van der Waals surface area contributed by atoms with Crippen molar-refractivity contribution in [1.82, 2.24) is 4.98 Å². The number of aromatic nitrogens is 1. The molecule has 90 valence electrons. The minimum absolute atomic E-state index is 0.114. The Bertz CT molecular complexity index is 363. The first-order valence-electron chi connectivity index (χ1n) is 5.84. The molecule has 0 saturated carbocycles. The van der Waals surface area contributed by atoms with Crippen LogP contribution < -0.4 is 4.90 Å². The molecule has 1 saturated heterocycles. The fourth-order valence-electron chi connectivity index (χ4n) is 2.00. The lowest BCUT2D eigenvalue weighted by molar-refractivity contribution is 0.279. The second-order valence-corrected chi connectivity index (χ2v) is 6.38. The molecule has 2 heterocycles. The van der Waals surface area contributed by atoms with Crippen molar-refractivity contribution in [3.05, 3.63) is 10.6 Å². The Labute approximate surface area is 101 Å². The maximum Gasteiger partial charge on any atom is 0.185 e. The van der Waals surface area contributed by atoms with Crippen LogP contribution in [0.4, 0.5) is 5.13 Å². The molecule has 1 N–H and O–H groups in total. The molecule has 16 heavy (non-hydrogen) atoms. The zero-order valence-corrected chi connectivity index (χ0v) is 11.1. The predicted octanol–water partition coefficient (Wildman–Crippen LogP) is 2.57. The van der Waals surface area contributed by atoms with Crippen LogP contribution in [0.25, 0.3) is 0 Å². The first kappa shape index (κ1) is 11.9. The summed E-state index contributed by atoms with van der Waals surface area (Å²) in [5.41, 5.74) is 1.45. The second-order valence-electron chi connectivity index (χ2n) is 5.31. The third-order valence-corrected chi connectivity index (χ3v) is 4.62. The number of aliphatic hydroxyl groups excluding tert-OH is 1. The molecule has 0 radical (unpaired) electrons. The molecular weight excluding hydrogens is 220 g/mol. The number of piperidine rings is 1. The Morgan fingerprint density at radius 2 is 2.00 bits per heavy atom. The molecule has 0 bridgehead atoms. The number of hydrogen-bond donors (Lipinski definition) is 1. The zero-order valence-electron chi connectivity index (χ0n) is 10.3. The van der Waals surface area contributed by atoms with E-state index in [9.17, 15) is 0 Å². The fourth-order valence-corrected chi connectivity index (χ4v) is 2.97. The van der Waals surface area contributed by atoms with Gasteiger partial charge in [-0.25, -0.2) is 4.98 Å². The van der Waals surface area contributed by atoms with Crippen LogP contribution in [0.2, 0.25) is 0 Å². The van der Waals surface area contributed by atoms with Gasteiger partial charge in [0.2, 0.25) is 0 Å².